The molecule has 0 saturated carbocycles. The lowest BCUT2D eigenvalue weighted by Gasteiger charge is -2.36. The molecule has 2 heterocycles. The fourth-order valence-corrected chi connectivity index (χ4v) is 2.53. The van der Waals surface area contributed by atoms with Gasteiger partial charge < -0.3 is 19.0 Å². The van der Waals surface area contributed by atoms with Gasteiger partial charge in [-0.25, -0.2) is 0 Å². The molecule has 3 rings (SSSR count). The molecule has 1 aromatic heterocycles. The van der Waals surface area contributed by atoms with E-state index < -0.39 is 0 Å². The summed E-state index contributed by atoms with van der Waals surface area (Å²) in [4.78, 5) is 16.4. The van der Waals surface area contributed by atoms with Crippen LogP contribution >= 0.6 is 0 Å². The summed E-state index contributed by atoms with van der Waals surface area (Å²) in [6.45, 7) is 3.10. The first-order valence-electron chi connectivity index (χ1n) is 6.98. The smallest absolute Gasteiger partial charge is 0.257 e. The van der Waals surface area contributed by atoms with Gasteiger partial charge in [-0.05, 0) is 30.3 Å². The zero-order valence-corrected chi connectivity index (χ0v) is 12.0. The summed E-state index contributed by atoms with van der Waals surface area (Å²) in [5.74, 6) is 0.894. The Balaban J connectivity index is 1.60. The van der Waals surface area contributed by atoms with E-state index in [4.69, 9.17) is 9.15 Å². The molecule has 0 N–H and O–H groups in total. The minimum Gasteiger partial charge on any atom is -0.497 e. The molecule has 21 heavy (non-hydrogen) atoms. The molecule has 1 amide bonds. The Kier molecular flexibility index (Phi) is 3.81. The van der Waals surface area contributed by atoms with Gasteiger partial charge in [-0.1, -0.05) is 0 Å². The van der Waals surface area contributed by atoms with E-state index in [0.717, 1.165) is 37.6 Å². The molecular formula is C16H18N2O3. The summed E-state index contributed by atoms with van der Waals surface area (Å²) < 4.78 is 10.1. The minimum absolute atomic E-state index is 0.0399. The molecule has 1 aromatic carbocycles. The van der Waals surface area contributed by atoms with E-state index in [1.165, 1.54) is 12.5 Å². The Morgan fingerprint density at radius 2 is 1.81 bits per heavy atom. The summed E-state index contributed by atoms with van der Waals surface area (Å²) in [5, 5.41) is 0. The fraction of sp³-hybridized carbons (Fsp3) is 0.312. The second kappa shape index (κ2) is 5.91. The van der Waals surface area contributed by atoms with Crippen LogP contribution in [0.4, 0.5) is 5.69 Å². The number of hydrogen-bond acceptors (Lipinski definition) is 4. The minimum atomic E-state index is 0.0399. The highest BCUT2D eigenvalue weighted by atomic mass is 16.5. The van der Waals surface area contributed by atoms with E-state index >= 15 is 0 Å². The zero-order valence-electron chi connectivity index (χ0n) is 12.0. The number of ether oxygens (including phenoxy) is 1. The largest absolute Gasteiger partial charge is 0.497 e. The third-order valence-corrected chi connectivity index (χ3v) is 3.77. The van der Waals surface area contributed by atoms with Crippen LogP contribution in [0.15, 0.2) is 47.3 Å². The zero-order chi connectivity index (χ0) is 14.7. The van der Waals surface area contributed by atoms with Crippen molar-refractivity contribution < 1.29 is 13.9 Å². The lowest BCUT2D eigenvalue weighted by atomic mass is 10.2. The van der Waals surface area contributed by atoms with Crippen molar-refractivity contribution in [2.24, 2.45) is 0 Å². The highest BCUT2D eigenvalue weighted by molar-refractivity contribution is 5.94. The van der Waals surface area contributed by atoms with E-state index in [0.29, 0.717) is 5.56 Å². The van der Waals surface area contributed by atoms with Crippen LogP contribution < -0.4 is 9.64 Å². The van der Waals surface area contributed by atoms with Crippen LogP contribution in [0.3, 0.4) is 0 Å². The first-order chi connectivity index (χ1) is 10.3. The van der Waals surface area contributed by atoms with Crippen molar-refractivity contribution in [2.45, 2.75) is 0 Å². The molecule has 1 aliphatic heterocycles. The van der Waals surface area contributed by atoms with Crippen LogP contribution in [-0.4, -0.2) is 44.1 Å². The fourth-order valence-electron chi connectivity index (χ4n) is 2.53. The molecule has 1 saturated heterocycles. The van der Waals surface area contributed by atoms with E-state index in [9.17, 15) is 4.79 Å². The highest BCUT2D eigenvalue weighted by Gasteiger charge is 2.22. The van der Waals surface area contributed by atoms with Crippen LogP contribution in [0.25, 0.3) is 0 Å². The van der Waals surface area contributed by atoms with E-state index in [1.54, 1.807) is 13.2 Å². The van der Waals surface area contributed by atoms with Gasteiger partial charge in [0.25, 0.3) is 5.91 Å². The molecule has 2 aromatic rings. The monoisotopic (exact) mass is 286 g/mol. The number of anilines is 1. The van der Waals surface area contributed by atoms with Gasteiger partial charge in [-0.3, -0.25) is 4.79 Å². The SMILES string of the molecule is COc1ccc(N2CCN(C(=O)c3ccoc3)CC2)cc1. The van der Waals surface area contributed by atoms with Crippen LogP contribution in [0.5, 0.6) is 5.75 Å². The standard InChI is InChI=1S/C16H18N2O3/c1-20-15-4-2-14(3-5-15)17-7-9-18(10-8-17)16(19)13-6-11-21-12-13/h2-6,11-12H,7-10H2,1H3. The van der Waals surface area contributed by atoms with Gasteiger partial charge in [0.15, 0.2) is 0 Å². The topological polar surface area (TPSA) is 45.9 Å². The molecule has 110 valence electrons. The normalized spacial score (nSPS) is 15.1. The Morgan fingerprint density at radius 3 is 2.38 bits per heavy atom. The molecule has 0 atom stereocenters. The molecule has 1 aliphatic rings. The maximum absolute atomic E-state index is 12.2. The number of piperazine rings is 1. The number of benzene rings is 1. The van der Waals surface area contributed by atoms with Crippen molar-refractivity contribution >= 4 is 11.6 Å². The first-order valence-corrected chi connectivity index (χ1v) is 6.98. The third kappa shape index (κ3) is 2.86. The number of rotatable bonds is 3. The van der Waals surface area contributed by atoms with Gasteiger partial charge in [-0.15, -0.1) is 0 Å². The van der Waals surface area contributed by atoms with Crippen LogP contribution in [0.1, 0.15) is 10.4 Å². The maximum atomic E-state index is 12.2. The predicted molar refractivity (Wildman–Crippen MR) is 79.8 cm³/mol. The highest BCUT2D eigenvalue weighted by Crippen LogP contribution is 2.21. The second-order valence-corrected chi connectivity index (χ2v) is 4.99. The molecular weight excluding hydrogens is 268 g/mol. The molecule has 0 radical (unpaired) electrons. The van der Waals surface area contributed by atoms with Crippen LogP contribution in [0.2, 0.25) is 0 Å². The molecule has 1 fully saturated rings. The van der Waals surface area contributed by atoms with E-state index in [-0.39, 0.29) is 5.91 Å². The molecule has 5 heteroatoms. The molecule has 5 nitrogen and oxygen atoms in total. The van der Waals surface area contributed by atoms with Crippen LogP contribution in [-0.2, 0) is 0 Å². The maximum Gasteiger partial charge on any atom is 0.257 e. The average Bonchev–Trinajstić information content (AvgIpc) is 3.09. The van der Waals surface area contributed by atoms with Gasteiger partial charge in [0, 0.05) is 31.9 Å². The quantitative estimate of drug-likeness (QED) is 0.868. The van der Waals surface area contributed by atoms with Crippen molar-refractivity contribution in [2.75, 3.05) is 38.2 Å². The number of furan rings is 1. The van der Waals surface area contributed by atoms with Gasteiger partial charge in [0.1, 0.15) is 12.0 Å². The lowest BCUT2D eigenvalue weighted by Crippen LogP contribution is -2.48. The third-order valence-electron chi connectivity index (χ3n) is 3.77. The van der Waals surface area contributed by atoms with E-state index in [1.807, 2.05) is 29.2 Å². The van der Waals surface area contributed by atoms with Crippen LogP contribution in [0, 0.1) is 0 Å². The van der Waals surface area contributed by atoms with Crippen molar-refractivity contribution in [3.8, 4) is 5.75 Å². The summed E-state index contributed by atoms with van der Waals surface area (Å²) in [5.41, 5.74) is 1.78. The molecule has 0 aliphatic carbocycles. The van der Waals surface area contributed by atoms with Crippen molar-refractivity contribution in [3.63, 3.8) is 0 Å². The number of nitrogens with zero attached hydrogens (tertiary/aromatic N) is 2. The van der Waals surface area contributed by atoms with Crippen molar-refractivity contribution in [1.82, 2.24) is 4.90 Å². The predicted octanol–water partition coefficient (Wildman–Crippen LogP) is 2.25. The summed E-state index contributed by atoms with van der Waals surface area (Å²) in [6.07, 6.45) is 3.03. The Morgan fingerprint density at radius 1 is 1.10 bits per heavy atom. The number of carbonyl (C=O) groups is 1. The Bertz CT molecular complexity index is 584. The molecule has 0 unspecified atom stereocenters. The average molecular weight is 286 g/mol. The summed E-state index contributed by atoms with van der Waals surface area (Å²) in [7, 11) is 1.66. The Labute approximate surface area is 123 Å². The molecule has 0 spiro atoms. The lowest BCUT2D eigenvalue weighted by molar-refractivity contribution is 0.0746. The van der Waals surface area contributed by atoms with E-state index in [2.05, 4.69) is 4.90 Å². The van der Waals surface area contributed by atoms with Gasteiger partial charge in [0.2, 0.25) is 0 Å². The number of methoxy groups -OCH3 is 1. The second-order valence-electron chi connectivity index (χ2n) is 4.99. The molecule has 0 bridgehead atoms. The Hall–Kier alpha value is -2.43. The van der Waals surface area contributed by atoms with Gasteiger partial charge in [0.05, 0.1) is 18.9 Å². The van der Waals surface area contributed by atoms with Gasteiger partial charge >= 0.3 is 0 Å². The summed E-state index contributed by atoms with van der Waals surface area (Å²) in [6, 6.07) is 9.72. The van der Waals surface area contributed by atoms with Gasteiger partial charge in [-0.2, -0.15) is 0 Å². The van der Waals surface area contributed by atoms with Crippen molar-refractivity contribution in [1.29, 1.82) is 0 Å². The van der Waals surface area contributed by atoms with Crippen molar-refractivity contribution in [3.05, 3.63) is 48.4 Å². The first kappa shape index (κ1) is 13.5. The summed E-state index contributed by atoms with van der Waals surface area (Å²) >= 11 is 0. The number of carbonyl (C=O) groups excluding carboxylic acids is 1. The number of hydrogen-bond donors (Lipinski definition) is 0. The number of amides is 1.